The predicted octanol–water partition coefficient (Wildman–Crippen LogP) is 4.78. The minimum Gasteiger partial charge on any atom is -0.484 e. The summed E-state index contributed by atoms with van der Waals surface area (Å²) in [6.07, 6.45) is 0. The lowest BCUT2D eigenvalue weighted by molar-refractivity contribution is 0.0601. The van der Waals surface area contributed by atoms with Crippen LogP contribution in [0, 0.1) is 6.92 Å². The molecule has 0 aliphatic rings. The Morgan fingerprint density at radius 1 is 1.26 bits per heavy atom. The van der Waals surface area contributed by atoms with E-state index in [1.807, 2.05) is 0 Å². The minimum absolute atomic E-state index is 0.0111. The molecule has 31 heavy (non-hydrogen) atoms. The fraction of sp³-hybridized carbons (Fsp3) is 0.150. The largest absolute Gasteiger partial charge is 0.484 e. The van der Waals surface area contributed by atoms with Crippen molar-refractivity contribution in [3.63, 3.8) is 0 Å². The van der Waals surface area contributed by atoms with Crippen LogP contribution in [0.2, 0.25) is 5.02 Å². The summed E-state index contributed by atoms with van der Waals surface area (Å²) in [7, 11) is 1.20. The van der Waals surface area contributed by atoms with E-state index in [0.717, 1.165) is 15.8 Å². The van der Waals surface area contributed by atoms with Gasteiger partial charge in [0.05, 0.1) is 22.6 Å². The van der Waals surface area contributed by atoms with Crippen molar-refractivity contribution in [1.29, 1.82) is 0 Å². The van der Waals surface area contributed by atoms with Gasteiger partial charge in [-0.1, -0.05) is 27.5 Å². The highest BCUT2D eigenvalue weighted by atomic mass is 79.9. The van der Waals surface area contributed by atoms with Crippen LogP contribution in [0.1, 0.15) is 41.9 Å². The van der Waals surface area contributed by atoms with Crippen LogP contribution < -0.4 is 15.8 Å². The lowest BCUT2D eigenvalue weighted by atomic mass is 10.1. The lowest BCUT2D eigenvalue weighted by Gasteiger charge is -2.07. The summed E-state index contributed by atoms with van der Waals surface area (Å²) >= 11 is 10.3. The third kappa shape index (κ3) is 5.09. The Hall–Kier alpha value is -2.82. The van der Waals surface area contributed by atoms with Crippen molar-refractivity contribution in [1.82, 2.24) is 0 Å². The molecule has 8 nitrogen and oxygen atoms in total. The van der Waals surface area contributed by atoms with Crippen molar-refractivity contribution in [3.05, 3.63) is 67.4 Å². The highest BCUT2D eigenvalue weighted by Crippen LogP contribution is 2.34. The number of esters is 1. The van der Waals surface area contributed by atoms with E-state index < -0.39 is 17.8 Å². The maximum Gasteiger partial charge on any atom is 0.341 e. The SMILES string of the molecule is COC(=O)c1c(NC(=O)c2ccc(COc3ccc(Br)cc3Cl)o2)sc(C(N)=O)c1C. The number of ether oxygens (including phenoxy) is 2. The number of furan rings is 1. The van der Waals surface area contributed by atoms with Crippen molar-refractivity contribution in [3.8, 4) is 5.75 Å². The smallest absolute Gasteiger partial charge is 0.341 e. The molecule has 2 heterocycles. The Morgan fingerprint density at radius 2 is 2.00 bits per heavy atom. The summed E-state index contributed by atoms with van der Waals surface area (Å²) in [5, 5.41) is 3.13. The molecule has 0 aliphatic heterocycles. The third-order valence-corrected chi connectivity index (χ3v) is 6.15. The average Bonchev–Trinajstić information content (AvgIpc) is 3.31. The van der Waals surface area contributed by atoms with Crippen molar-refractivity contribution in [2.24, 2.45) is 5.73 Å². The van der Waals surface area contributed by atoms with Gasteiger partial charge in [0.25, 0.3) is 11.8 Å². The highest BCUT2D eigenvalue weighted by molar-refractivity contribution is 9.10. The molecule has 0 fully saturated rings. The number of benzene rings is 1. The zero-order valence-corrected chi connectivity index (χ0v) is 19.4. The number of hydrogen-bond donors (Lipinski definition) is 2. The average molecular weight is 528 g/mol. The molecule has 0 atom stereocenters. The van der Waals surface area contributed by atoms with Gasteiger partial charge in [-0.2, -0.15) is 0 Å². The summed E-state index contributed by atoms with van der Waals surface area (Å²) in [6.45, 7) is 1.60. The quantitative estimate of drug-likeness (QED) is 0.427. The van der Waals surface area contributed by atoms with Gasteiger partial charge in [0, 0.05) is 4.47 Å². The summed E-state index contributed by atoms with van der Waals surface area (Å²) in [4.78, 5) is 36.5. The van der Waals surface area contributed by atoms with Gasteiger partial charge in [0.1, 0.15) is 23.1 Å². The van der Waals surface area contributed by atoms with Crippen LogP contribution in [0.25, 0.3) is 0 Å². The number of hydrogen-bond acceptors (Lipinski definition) is 7. The number of methoxy groups -OCH3 is 1. The molecule has 0 bridgehead atoms. The first-order valence-corrected chi connectivity index (χ1v) is 10.7. The zero-order chi connectivity index (χ0) is 22.7. The van der Waals surface area contributed by atoms with Crippen LogP contribution in [0.4, 0.5) is 5.00 Å². The molecule has 0 aliphatic carbocycles. The zero-order valence-electron chi connectivity index (χ0n) is 16.3. The van der Waals surface area contributed by atoms with Gasteiger partial charge in [0.2, 0.25) is 0 Å². The second kappa shape index (κ2) is 9.54. The van der Waals surface area contributed by atoms with E-state index in [2.05, 4.69) is 21.2 Å². The molecule has 162 valence electrons. The Balaban J connectivity index is 1.75. The molecule has 0 saturated heterocycles. The van der Waals surface area contributed by atoms with Gasteiger partial charge < -0.3 is 24.9 Å². The minimum atomic E-state index is -0.711. The lowest BCUT2D eigenvalue weighted by Crippen LogP contribution is -2.14. The standard InChI is InChI=1S/C20H16BrClN2O6S/c1-9-15(20(27)28-2)19(31-16(9)17(23)25)24-18(26)14-6-4-11(30-14)8-29-13-5-3-10(21)7-12(13)22/h3-7H,8H2,1-2H3,(H2,23,25)(H,24,26). The molecule has 0 saturated carbocycles. The second-order valence-corrected chi connectivity index (χ2v) is 8.54. The molecule has 0 radical (unpaired) electrons. The van der Waals surface area contributed by atoms with Crippen molar-refractivity contribution >= 4 is 61.7 Å². The predicted molar refractivity (Wildman–Crippen MR) is 119 cm³/mol. The molecular weight excluding hydrogens is 512 g/mol. The van der Waals surface area contributed by atoms with Crippen LogP contribution in [0.5, 0.6) is 5.75 Å². The molecule has 1 aromatic carbocycles. The first-order valence-electron chi connectivity index (χ1n) is 8.70. The number of thiophene rings is 1. The number of anilines is 1. The third-order valence-electron chi connectivity index (χ3n) is 4.14. The second-order valence-electron chi connectivity index (χ2n) is 6.20. The Kier molecular flexibility index (Phi) is 7.04. The van der Waals surface area contributed by atoms with Gasteiger partial charge in [-0.05, 0) is 42.8 Å². The van der Waals surface area contributed by atoms with Gasteiger partial charge >= 0.3 is 5.97 Å². The van der Waals surface area contributed by atoms with Crippen LogP contribution in [-0.2, 0) is 11.3 Å². The van der Waals surface area contributed by atoms with Crippen LogP contribution in [-0.4, -0.2) is 24.9 Å². The molecule has 2 aromatic heterocycles. The number of nitrogens with two attached hydrogens (primary N) is 1. The summed E-state index contributed by atoms with van der Waals surface area (Å²) in [5.74, 6) is -1.19. The van der Waals surface area contributed by atoms with Crippen molar-refractivity contribution in [2.45, 2.75) is 13.5 Å². The number of rotatable bonds is 7. The number of amides is 2. The van der Waals surface area contributed by atoms with E-state index >= 15 is 0 Å². The van der Waals surface area contributed by atoms with Crippen molar-refractivity contribution < 1.29 is 28.3 Å². The Labute approximate surface area is 194 Å². The van der Waals surface area contributed by atoms with Crippen LogP contribution in [0.15, 0.2) is 39.2 Å². The van der Waals surface area contributed by atoms with Crippen molar-refractivity contribution in [2.75, 3.05) is 12.4 Å². The number of primary amides is 1. The van der Waals surface area contributed by atoms with Crippen LogP contribution in [0.3, 0.4) is 0 Å². The molecule has 0 unspecified atom stereocenters. The first-order chi connectivity index (χ1) is 14.7. The highest BCUT2D eigenvalue weighted by Gasteiger charge is 2.26. The summed E-state index contributed by atoms with van der Waals surface area (Å²) in [6, 6.07) is 8.22. The van der Waals surface area contributed by atoms with E-state index in [0.29, 0.717) is 22.1 Å². The fourth-order valence-corrected chi connectivity index (χ4v) is 4.44. The summed E-state index contributed by atoms with van der Waals surface area (Å²) in [5.41, 5.74) is 5.74. The number of carbonyl (C=O) groups excluding carboxylic acids is 3. The monoisotopic (exact) mass is 526 g/mol. The maximum atomic E-state index is 12.6. The Bertz CT molecular complexity index is 1170. The Morgan fingerprint density at radius 3 is 2.65 bits per heavy atom. The van der Waals surface area contributed by atoms with E-state index in [-0.39, 0.29) is 27.8 Å². The molecule has 11 heteroatoms. The van der Waals surface area contributed by atoms with Gasteiger partial charge in [-0.3, -0.25) is 9.59 Å². The maximum absolute atomic E-state index is 12.6. The molecule has 3 N–H and O–H groups in total. The summed E-state index contributed by atoms with van der Waals surface area (Å²) < 4.78 is 16.7. The molecule has 0 spiro atoms. The first kappa shape index (κ1) is 22.9. The van der Waals surface area contributed by atoms with E-state index in [1.165, 1.54) is 13.2 Å². The molecular formula is C20H16BrClN2O6S. The normalized spacial score (nSPS) is 10.6. The van der Waals surface area contributed by atoms with Gasteiger partial charge in [-0.25, -0.2) is 4.79 Å². The molecule has 3 aromatic rings. The molecule has 2 amide bonds. The number of nitrogens with one attached hydrogen (secondary N) is 1. The van der Waals surface area contributed by atoms with E-state index in [1.54, 1.807) is 31.2 Å². The van der Waals surface area contributed by atoms with Crippen LogP contribution >= 0.6 is 38.9 Å². The van der Waals surface area contributed by atoms with Gasteiger partial charge in [-0.15, -0.1) is 11.3 Å². The topological polar surface area (TPSA) is 121 Å². The number of carbonyl (C=O) groups is 3. The molecule has 3 rings (SSSR count). The van der Waals surface area contributed by atoms with E-state index in [4.69, 9.17) is 31.2 Å². The number of halogens is 2. The van der Waals surface area contributed by atoms with Gasteiger partial charge in [0.15, 0.2) is 5.76 Å². The fourth-order valence-electron chi connectivity index (χ4n) is 2.67. The van der Waals surface area contributed by atoms with E-state index in [9.17, 15) is 14.4 Å².